The summed E-state index contributed by atoms with van der Waals surface area (Å²) in [6.45, 7) is 7.12. The van der Waals surface area contributed by atoms with Gasteiger partial charge in [-0.2, -0.15) is 0 Å². The van der Waals surface area contributed by atoms with Gasteiger partial charge in [0.05, 0.1) is 40.0 Å². The molecule has 1 saturated carbocycles. The van der Waals surface area contributed by atoms with E-state index >= 15 is 0 Å². The number of hydrogen-bond donors (Lipinski definition) is 0. The molecule has 0 radical (unpaired) electrons. The zero-order valence-electron chi connectivity index (χ0n) is 8.86. The molecule has 4 saturated heterocycles. The minimum Gasteiger partial charge on any atom is -0.264 e. The van der Waals surface area contributed by atoms with Gasteiger partial charge in [0.25, 0.3) is 0 Å². The zero-order valence-corrected chi connectivity index (χ0v) is 8.86. The highest BCUT2D eigenvalue weighted by molar-refractivity contribution is 4.79. The molecule has 0 unspecified atom stereocenters. The lowest BCUT2D eigenvalue weighted by Gasteiger charge is -2.56. The molecule has 5 aliphatic rings. The standard InChI is InChI=1S/C6H12N4.C4H8/c1-7-2-9-4-8(1)5-10(3-7)6-9;1-2-4-3-1/h1-6H2;1-4H2. The monoisotopic (exact) mass is 196 g/mol. The molecule has 1 aliphatic carbocycles. The van der Waals surface area contributed by atoms with E-state index < -0.39 is 0 Å². The van der Waals surface area contributed by atoms with E-state index in [1.165, 1.54) is 65.7 Å². The second-order valence-electron chi connectivity index (χ2n) is 4.95. The third-order valence-electron chi connectivity index (χ3n) is 3.40. The van der Waals surface area contributed by atoms with Crippen LogP contribution in [-0.4, -0.2) is 59.6 Å². The summed E-state index contributed by atoms with van der Waals surface area (Å²) < 4.78 is 0. The van der Waals surface area contributed by atoms with Gasteiger partial charge in [-0.15, -0.1) is 0 Å². The molecule has 0 atom stereocenters. The highest BCUT2D eigenvalue weighted by Gasteiger charge is 2.36. The first-order valence-corrected chi connectivity index (χ1v) is 5.79. The number of hydrogen-bond acceptors (Lipinski definition) is 4. The van der Waals surface area contributed by atoms with Crippen LogP contribution in [0, 0.1) is 0 Å². The minimum absolute atomic E-state index is 1.19. The Morgan fingerprint density at radius 2 is 0.571 bits per heavy atom. The van der Waals surface area contributed by atoms with Crippen LogP contribution in [0.2, 0.25) is 0 Å². The van der Waals surface area contributed by atoms with Crippen LogP contribution in [0.5, 0.6) is 0 Å². The fraction of sp³-hybridized carbons (Fsp3) is 1.00. The van der Waals surface area contributed by atoms with Gasteiger partial charge in [0.15, 0.2) is 0 Å². The summed E-state index contributed by atoms with van der Waals surface area (Å²) in [5, 5.41) is 0. The van der Waals surface area contributed by atoms with Gasteiger partial charge in [-0.3, -0.25) is 19.6 Å². The Balaban J connectivity index is 0.000000136. The van der Waals surface area contributed by atoms with E-state index in [1.807, 2.05) is 0 Å². The molecule has 0 spiro atoms. The first-order valence-electron chi connectivity index (χ1n) is 5.79. The lowest BCUT2D eigenvalue weighted by Crippen LogP contribution is -2.71. The Kier molecular flexibility index (Phi) is 2.45. The average molecular weight is 196 g/mol. The van der Waals surface area contributed by atoms with Crippen molar-refractivity contribution in [1.29, 1.82) is 0 Å². The van der Waals surface area contributed by atoms with Gasteiger partial charge in [-0.25, -0.2) is 0 Å². The summed E-state index contributed by atoms with van der Waals surface area (Å²) >= 11 is 0. The Labute approximate surface area is 86.0 Å². The smallest absolute Gasteiger partial charge is 0.0555 e. The molecule has 0 N–H and O–H groups in total. The maximum Gasteiger partial charge on any atom is 0.0555 e. The van der Waals surface area contributed by atoms with Crippen LogP contribution in [0.4, 0.5) is 0 Å². The van der Waals surface area contributed by atoms with Crippen molar-refractivity contribution in [1.82, 2.24) is 19.6 Å². The minimum atomic E-state index is 1.19. The molecule has 14 heavy (non-hydrogen) atoms. The number of rotatable bonds is 0. The van der Waals surface area contributed by atoms with E-state index in [0.717, 1.165) is 0 Å². The third-order valence-corrected chi connectivity index (χ3v) is 3.40. The predicted molar refractivity (Wildman–Crippen MR) is 55.0 cm³/mol. The van der Waals surface area contributed by atoms with E-state index in [0.29, 0.717) is 0 Å². The summed E-state index contributed by atoms with van der Waals surface area (Å²) in [7, 11) is 0. The Bertz CT molecular complexity index is 142. The van der Waals surface area contributed by atoms with Crippen molar-refractivity contribution in [3.63, 3.8) is 0 Å². The summed E-state index contributed by atoms with van der Waals surface area (Å²) in [5.41, 5.74) is 0. The molecular formula is C10H20N4. The van der Waals surface area contributed by atoms with Crippen LogP contribution in [-0.2, 0) is 0 Å². The van der Waals surface area contributed by atoms with E-state index in [2.05, 4.69) is 19.6 Å². The number of nitrogens with zero attached hydrogens (tertiary/aromatic N) is 4. The Hall–Kier alpha value is -0.160. The zero-order chi connectivity index (χ0) is 9.38. The molecule has 4 heteroatoms. The highest BCUT2D eigenvalue weighted by atomic mass is 15.7. The van der Waals surface area contributed by atoms with Crippen LogP contribution in [0.3, 0.4) is 0 Å². The van der Waals surface area contributed by atoms with Crippen molar-refractivity contribution in [2.24, 2.45) is 0 Å². The Morgan fingerprint density at radius 1 is 0.357 bits per heavy atom. The maximum atomic E-state index is 2.47. The first kappa shape index (κ1) is 9.09. The lowest BCUT2D eigenvalue weighted by atomic mass is 10.0. The second-order valence-corrected chi connectivity index (χ2v) is 4.95. The highest BCUT2D eigenvalue weighted by Crippen LogP contribution is 2.20. The van der Waals surface area contributed by atoms with E-state index in [9.17, 15) is 0 Å². The van der Waals surface area contributed by atoms with Crippen molar-refractivity contribution in [2.75, 3.05) is 40.0 Å². The van der Waals surface area contributed by atoms with Gasteiger partial charge >= 0.3 is 0 Å². The molecule has 5 rings (SSSR count). The third kappa shape index (κ3) is 1.80. The van der Waals surface area contributed by atoms with Crippen LogP contribution in [0.25, 0.3) is 0 Å². The van der Waals surface area contributed by atoms with Crippen LogP contribution in [0.15, 0.2) is 0 Å². The topological polar surface area (TPSA) is 13.0 Å². The predicted octanol–water partition coefficient (Wildman–Crippen LogP) is 0.541. The fourth-order valence-electron chi connectivity index (χ4n) is 2.48. The molecule has 0 aromatic carbocycles. The molecular weight excluding hydrogens is 176 g/mol. The first-order chi connectivity index (χ1) is 6.90. The molecule has 4 heterocycles. The molecule has 0 aromatic heterocycles. The summed E-state index contributed by atoms with van der Waals surface area (Å²) in [6.07, 6.45) is 6.00. The van der Waals surface area contributed by atoms with Gasteiger partial charge < -0.3 is 0 Å². The van der Waals surface area contributed by atoms with E-state index in [-0.39, 0.29) is 0 Å². The maximum absolute atomic E-state index is 2.47. The largest absolute Gasteiger partial charge is 0.264 e. The van der Waals surface area contributed by atoms with Crippen LogP contribution in [0.1, 0.15) is 25.7 Å². The van der Waals surface area contributed by atoms with Gasteiger partial charge in [0, 0.05) is 0 Å². The lowest BCUT2D eigenvalue weighted by molar-refractivity contribution is -0.194. The van der Waals surface area contributed by atoms with Crippen LogP contribution < -0.4 is 0 Å². The average Bonchev–Trinajstić information content (AvgIpc) is 1.96. The quantitative estimate of drug-likeness (QED) is 0.560. The molecule has 0 aromatic rings. The second kappa shape index (κ2) is 3.77. The summed E-state index contributed by atoms with van der Waals surface area (Å²) in [5.74, 6) is 0. The summed E-state index contributed by atoms with van der Waals surface area (Å²) in [4.78, 5) is 9.88. The van der Waals surface area contributed by atoms with Gasteiger partial charge in [0.2, 0.25) is 0 Å². The van der Waals surface area contributed by atoms with Crippen molar-refractivity contribution in [2.45, 2.75) is 25.7 Å². The van der Waals surface area contributed by atoms with E-state index in [4.69, 9.17) is 0 Å². The molecule has 80 valence electrons. The van der Waals surface area contributed by atoms with E-state index in [1.54, 1.807) is 0 Å². The van der Waals surface area contributed by atoms with Crippen molar-refractivity contribution in [3.05, 3.63) is 0 Å². The van der Waals surface area contributed by atoms with Gasteiger partial charge in [0.1, 0.15) is 0 Å². The van der Waals surface area contributed by atoms with Gasteiger partial charge in [-0.1, -0.05) is 25.7 Å². The molecule has 4 bridgehead atoms. The Morgan fingerprint density at radius 3 is 0.714 bits per heavy atom. The van der Waals surface area contributed by atoms with Crippen molar-refractivity contribution in [3.8, 4) is 0 Å². The molecule has 0 amide bonds. The molecule has 5 fully saturated rings. The van der Waals surface area contributed by atoms with Crippen LogP contribution >= 0.6 is 0 Å². The fourth-order valence-corrected chi connectivity index (χ4v) is 2.48. The SMILES string of the molecule is C1CCC1.C1N2CN3CN1CN(C2)C3. The van der Waals surface area contributed by atoms with Crippen molar-refractivity contribution < 1.29 is 0 Å². The van der Waals surface area contributed by atoms with Gasteiger partial charge in [-0.05, 0) is 0 Å². The molecule has 4 aliphatic heterocycles. The van der Waals surface area contributed by atoms with Crippen molar-refractivity contribution >= 4 is 0 Å². The normalized spacial score (nSPS) is 48.0. The molecule has 4 nitrogen and oxygen atoms in total. The summed E-state index contributed by atoms with van der Waals surface area (Å²) in [6, 6.07) is 0.